The number of rotatable bonds is 3. The summed E-state index contributed by atoms with van der Waals surface area (Å²) in [5.41, 5.74) is 10.1. The molecule has 7 aromatic carbocycles. The van der Waals surface area contributed by atoms with E-state index in [1.807, 2.05) is 148 Å². The van der Waals surface area contributed by atoms with Crippen LogP contribution in [0.1, 0.15) is 66.8 Å². The highest BCUT2D eigenvalue weighted by molar-refractivity contribution is 6.05. The molecule has 0 bridgehead atoms. The van der Waals surface area contributed by atoms with Gasteiger partial charge in [0, 0.05) is 33.4 Å². The molecule has 7 aromatic rings. The maximum Gasteiger partial charge on any atom is 0.142 e. The van der Waals surface area contributed by atoms with Gasteiger partial charge >= 0.3 is 0 Å². The lowest BCUT2D eigenvalue weighted by Gasteiger charge is -2.34. The molecule has 51 heavy (non-hydrogen) atoms. The molecule has 0 saturated heterocycles. The number of aryl methyl sites for hydroxylation is 3. The predicted octanol–water partition coefficient (Wildman–Crippen LogP) is 9.41. The molecule has 3 atom stereocenters. The average Bonchev–Trinajstić information content (AvgIpc) is 3.69. The minimum Gasteiger partial charge on any atom is -0.376 e. The maximum absolute atomic E-state index is 13.7. The molecule has 10 rings (SSSR count). The third-order valence-electron chi connectivity index (χ3n) is 11.8. The lowest BCUT2D eigenvalue weighted by Crippen LogP contribution is -2.31. The van der Waals surface area contributed by atoms with Crippen molar-refractivity contribution in [1.29, 1.82) is 0 Å². The first-order valence-corrected chi connectivity index (χ1v) is 17.6. The van der Waals surface area contributed by atoms with E-state index in [2.05, 4.69) is 18.2 Å². The van der Waals surface area contributed by atoms with Crippen LogP contribution in [0, 0.1) is 20.8 Å². The first kappa shape index (κ1) is 30.3. The van der Waals surface area contributed by atoms with E-state index < -0.39 is 16.8 Å². The summed E-state index contributed by atoms with van der Waals surface area (Å²) in [5.74, 6) is 0. The highest BCUT2D eigenvalue weighted by Crippen LogP contribution is 2.68. The molecule has 3 N–H and O–H groups in total. The van der Waals surface area contributed by atoms with E-state index in [9.17, 15) is 15.3 Å². The molecule has 0 radical (unpaired) electrons. The first-order chi connectivity index (χ1) is 24.7. The Hall–Kier alpha value is -5.58. The minimum absolute atomic E-state index is 0.690. The van der Waals surface area contributed by atoms with Gasteiger partial charge in [-0.1, -0.05) is 162 Å². The summed E-state index contributed by atoms with van der Waals surface area (Å²) < 4.78 is 0. The second-order valence-electron chi connectivity index (χ2n) is 14.6. The predicted molar refractivity (Wildman–Crippen MR) is 203 cm³/mol. The Balaban J connectivity index is 1.48. The fourth-order valence-electron chi connectivity index (χ4n) is 9.38. The summed E-state index contributed by atoms with van der Waals surface area (Å²) in [6.45, 7) is 6.14. The minimum atomic E-state index is -1.59. The zero-order valence-electron chi connectivity index (χ0n) is 28.7. The third-order valence-corrected chi connectivity index (χ3v) is 11.8. The summed E-state index contributed by atoms with van der Waals surface area (Å²) in [7, 11) is 0. The van der Waals surface area contributed by atoms with Crippen LogP contribution in [-0.4, -0.2) is 15.3 Å². The average molecular weight is 661 g/mol. The van der Waals surface area contributed by atoms with Crippen LogP contribution in [0.25, 0.3) is 33.4 Å². The Labute approximate surface area is 297 Å². The molecule has 0 aliphatic heterocycles. The van der Waals surface area contributed by atoms with Gasteiger partial charge in [-0.15, -0.1) is 0 Å². The van der Waals surface area contributed by atoms with Crippen molar-refractivity contribution in [3.63, 3.8) is 0 Å². The fraction of sp³-hybridized carbons (Fsp3) is 0.125. The highest BCUT2D eigenvalue weighted by atomic mass is 16.3. The lowest BCUT2D eigenvalue weighted by molar-refractivity contribution is 0.123. The molecule has 0 aromatic heterocycles. The third kappa shape index (κ3) is 3.68. The molecule has 0 fully saturated rings. The quantitative estimate of drug-likeness (QED) is 0.177. The maximum atomic E-state index is 13.7. The van der Waals surface area contributed by atoms with Crippen LogP contribution < -0.4 is 0 Å². The van der Waals surface area contributed by atoms with Crippen molar-refractivity contribution < 1.29 is 15.3 Å². The van der Waals surface area contributed by atoms with Crippen LogP contribution >= 0.6 is 0 Å². The van der Waals surface area contributed by atoms with Crippen molar-refractivity contribution in [2.45, 2.75) is 37.6 Å². The van der Waals surface area contributed by atoms with Crippen molar-refractivity contribution in [2.24, 2.45) is 0 Å². The fourth-order valence-corrected chi connectivity index (χ4v) is 9.38. The SMILES string of the molecule is Cc1ccc([C@@]2(O)c3ccccc3-c3c2c2c(c4c3[C@](O)(c3ccc(C)cc3)c3ccccc3-4)[C@](O)(c3ccc(C)cc3)c3ccccc3-2)cc1. The molecule has 3 aliphatic rings. The molecule has 0 unspecified atom stereocenters. The van der Waals surface area contributed by atoms with Crippen molar-refractivity contribution in [2.75, 3.05) is 0 Å². The first-order valence-electron chi connectivity index (χ1n) is 17.6. The van der Waals surface area contributed by atoms with Gasteiger partial charge in [0.2, 0.25) is 0 Å². The number of aliphatic hydroxyl groups is 3. The van der Waals surface area contributed by atoms with Gasteiger partial charge in [0.15, 0.2) is 0 Å². The van der Waals surface area contributed by atoms with Gasteiger partial charge < -0.3 is 15.3 Å². The second-order valence-corrected chi connectivity index (χ2v) is 14.6. The standard InChI is InChI=1S/C48H36O3/c1-28-16-22-31(23-17-28)46(49)37-13-7-4-10-34(37)40-43(46)41-35-11-5-8-14-38(35)47(50,32-24-18-29(2)19-25-32)45(41)42-36-12-6-9-15-39(36)48(51,44(40)42)33-26-20-30(3)21-27-33/h4-27,49-51H,1-3H3/t46-,47-,48+/m0/s1. The Morgan fingerprint density at radius 2 is 0.549 bits per heavy atom. The largest absolute Gasteiger partial charge is 0.376 e. The van der Waals surface area contributed by atoms with E-state index in [0.717, 1.165) is 83.5 Å². The van der Waals surface area contributed by atoms with E-state index >= 15 is 0 Å². The van der Waals surface area contributed by atoms with Crippen LogP contribution in [0.3, 0.4) is 0 Å². The van der Waals surface area contributed by atoms with E-state index in [1.54, 1.807) is 0 Å². The number of fused-ring (bicyclic) bond motifs is 12. The van der Waals surface area contributed by atoms with E-state index in [-0.39, 0.29) is 0 Å². The van der Waals surface area contributed by atoms with Gasteiger partial charge in [-0.25, -0.2) is 0 Å². The topological polar surface area (TPSA) is 60.7 Å². The molecule has 3 heteroatoms. The van der Waals surface area contributed by atoms with Gasteiger partial charge in [0.25, 0.3) is 0 Å². The molecule has 0 spiro atoms. The van der Waals surface area contributed by atoms with Gasteiger partial charge in [-0.05, 0) is 70.8 Å². The summed E-state index contributed by atoms with van der Waals surface area (Å²) >= 11 is 0. The Bertz CT molecular complexity index is 2270. The van der Waals surface area contributed by atoms with Gasteiger partial charge in [0.1, 0.15) is 16.8 Å². The zero-order valence-corrected chi connectivity index (χ0v) is 28.7. The Morgan fingerprint density at radius 3 is 0.804 bits per heavy atom. The van der Waals surface area contributed by atoms with Crippen LogP contribution in [-0.2, 0) is 16.8 Å². The molecule has 246 valence electrons. The van der Waals surface area contributed by atoms with E-state index in [4.69, 9.17) is 0 Å². The molecule has 0 amide bonds. The molecular weight excluding hydrogens is 625 g/mol. The van der Waals surface area contributed by atoms with Gasteiger partial charge in [-0.2, -0.15) is 0 Å². The Kier molecular flexibility index (Phi) is 6.08. The second kappa shape index (κ2) is 10.2. The summed E-state index contributed by atoms with van der Waals surface area (Å²) in [4.78, 5) is 0. The molecule has 3 aliphatic carbocycles. The van der Waals surface area contributed by atoms with Crippen LogP contribution in [0.2, 0.25) is 0 Å². The van der Waals surface area contributed by atoms with Crippen molar-refractivity contribution in [3.8, 4) is 33.4 Å². The van der Waals surface area contributed by atoms with E-state index in [0.29, 0.717) is 16.7 Å². The van der Waals surface area contributed by atoms with Crippen LogP contribution in [0.4, 0.5) is 0 Å². The normalized spacial score (nSPS) is 21.8. The zero-order chi connectivity index (χ0) is 34.9. The van der Waals surface area contributed by atoms with Gasteiger partial charge in [0.05, 0.1) is 0 Å². The van der Waals surface area contributed by atoms with E-state index in [1.165, 1.54) is 0 Å². The number of hydrogen-bond donors (Lipinski definition) is 3. The molecule has 0 saturated carbocycles. The van der Waals surface area contributed by atoms with Crippen LogP contribution in [0.5, 0.6) is 0 Å². The van der Waals surface area contributed by atoms with Gasteiger partial charge in [-0.3, -0.25) is 0 Å². The number of hydrogen-bond acceptors (Lipinski definition) is 3. The van der Waals surface area contributed by atoms with Crippen molar-refractivity contribution in [1.82, 2.24) is 0 Å². The summed E-state index contributed by atoms with van der Waals surface area (Å²) in [6, 6.07) is 48.5. The number of benzene rings is 7. The van der Waals surface area contributed by atoms with Crippen molar-refractivity contribution in [3.05, 3.63) is 212 Å². The summed E-state index contributed by atoms with van der Waals surface area (Å²) in [5, 5.41) is 41.1. The highest BCUT2D eigenvalue weighted by Gasteiger charge is 2.58. The Morgan fingerprint density at radius 1 is 0.314 bits per heavy atom. The van der Waals surface area contributed by atoms with Crippen LogP contribution in [0.15, 0.2) is 146 Å². The smallest absolute Gasteiger partial charge is 0.142 e. The van der Waals surface area contributed by atoms with Crippen molar-refractivity contribution >= 4 is 0 Å². The monoisotopic (exact) mass is 660 g/mol. The lowest BCUT2D eigenvalue weighted by atomic mass is 9.73. The molecular formula is C48H36O3. The molecule has 0 heterocycles. The molecule has 3 nitrogen and oxygen atoms in total. The summed E-state index contributed by atoms with van der Waals surface area (Å²) in [6.07, 6.45) is 0.